The van der Waals surface area contributed by atoms with E-state index in [0.29, 0.717) is 38.5 Å². The molecule has 0 atom stereocenters. The van der Waals surface area contributed by atoms with Gasteiger partial charge in [0.15, 0.2) is 12.2 Å². The van der Waals surface area contributed by atoms with Gasteiger partial charge in [0.25, 0.3) is 5.91 Å². The van der Waals surface area contributed by atoms with Gasteiger partial charge < -0.3 is 14.5 Å². The summed E-state index contributed by atoms with van der Waals surface area (Å²) in [5, 5.41) is 3.83. The molecule has 0 aliphatic carbocycles. The number of hydrogen-bond donors (Lipinski definition) is 1. The van der Waals surface area contributed by atoms with Crippen molar-refractivity contribution in [2.45, 2.75) is 0 Å². The van der Waals surface area contributed by atoms with Crippen molar-refractivity contribution in [3.05, 3.63) is 76.8 Å². The van der Waals surface area contributed by atoms with Gasteiger partial charge in [-0.2, -0.15) is 0 Å². The zero-order valence-electron chi connectivity index (χ0n) is 14.5. The van der Waals surface area contributed by atoms with E-state index in [2.05, 4.69) is 10.3 Å². The first kappa shape index (κ1) is 18.3. The van der Waals surface area contributed by atoms with E-state index in [4.69, 9.17) is 32.4 Å². The van der Waals surface area contributed by atoms with Crippen LogP contribution in [0.3, 0.4) is 0 Å². The Bertz CT molecular complexity index is 1160. The van der Waals surface area contributed by atoms with Crippen molar-refractivity contribution in [1.29, 1.82) is 0 Å². The third kappa shape index (κ3) is 4.11. The highest BCUT2D eigenvalue weighted by atomic mass is 35.5. The van der Waals surface area contributed by atoms with Gasteiger partial charge in [-0.15, -0.1) is 0 Å². The SMILES string of the molecule is O=C(COc1ccccc1Cl)Nc1ccc2oc(-c3cccc(Cl)c3)nc2c1. The Morgan fingerprint density at radius 3 is 2.71 bits per heavy atom. The van der Waals surface area contributed by atoms with Gasteiger partial charge in [0.2, 0.25) is 5.89 Å². The van der Waals surface area contributed by atoms with E-state index < -0.39 is 0 Å². The summed E-state index contributed by atoms with van der Waals surface area (Å²) >= 11 is 12.0. The second kappa shape index (κ2) is 7.92. The summed E-state index contributed by atoms with van der Waals surface area (Å²) in [5.41, 5.74) is 2.61. The smallest absolute Gasteiger partial charge is 0.262 e. The Kier molecular flexibility index (Phi) is 5.19. The molecular formula is C21H14Cl2N2O3. The second-order valence-corrected chi connectivity index (χ2v) is 6.82. The van der Waals surface area contributed by atoms with Crippen molar-refractivity contribution in [1.82, 2.24) is 4.98 Å². The highest BCUT2D eigenvalue weighted by Gasteiger charge is 2.11. The number of fused-ring (bicyclic) bond motifs is 1. The molecule has 4 rings (SSSR count). The monoisotopic (exact) mass is 412 g/mol. The fourth-order valence-corrected chi connectivity index (χ4v) is 3.03. The van der Waals surface area contributed by atoms with Crippen LogP contribution in [0.15, 0.2) is 71.1 Å². The third-order valence-electron chi connectivity index (χ3n) is 3.94. The highest BCUT2D eigenvalue weighted by molar-refractivity contribution is 6.32. The number of benzene rings is 3. The molecule has 5 nitrogen and oxygen atoms in total. The van der Waals surface area contributed by atoms with E-state index in [9.17, 15) is 4.79 Å². The molecule has 0 saturated carbocycles. The second-order valence-electron chi connectivity index (χ2n) is 5.98. The lowest BCUT2D eigenvalue weighted by Gasteiger charge is -2.08. The van der Waals surface area contributed by atoms with Crippen LogP contribution in [-0.4, -0.2) is 17.5 Å². The molecule has 0 fully saturated rings. The predicted octanol–water partition coefficient (Wildman–Crippen LogP) is 5.82. The number of nitrogens with one attached hydrogen (secondary N) is 1. The summed E-state index contributed by atoms with van der Waals surface area (Å²) in [4.78, 5) is 16.6. The minimum absolute atomic E-state index is 0.158. The van der Waals surface area contributed by atoms with Crippen LogP contribution in [0.4, 0.5) is 5.69 Å². The van der Waals surface area contributed by atoms with E-state index >= 15 is 0 Å². The zero-order valence-corrected chi connectivity index (χ0v) is 16.0. The van der Waals surface area contributed by atoms with Gasteiger partial charge >= 0.3 is 0 Å². The molecular weight excluding hydrogens is 399 g/mol. The van der Waals surface area contributed by atoms with Crippen LogP contribution in [0.2, 0.25) is 10.0 Å². The lowest BCUT2D eigenvalue weighted by molar-refractivity contribution is -0.118. The summed E-state index contributed by atoms with van der Waals surface area (Å²) < 4.78 is 11.2. The number of hydrogen-bond acceptors (Lipinski definition) is 4. The Morgan fingerprint density at radius 1 is 1.04 bits per heavy atom. The van der Waals surface area contributed by atoms with Crippen molar-refractivity contribution in [3.63, 3.8) is 0 Å². The summed E-state index contributed by atoms with van der Waals surface area (Å²) in [6.45, 7) is -0.158. The van der Waals surface area contributed by atoms with Crippen LogP contribution >= 0.6 is 23.2 Å². The molecule has 1 heterocycles. The molecule has 3 aromatic carbocycles. The van der Waals surface area contributed by atoms with E-state index in [1.54, 1.807) is 54.6 Å². The van der Waals surface area contributed by atoms with Crippen molar-refractivity contribution in [2.24, 2.45) is 0 Å². The average Bonchev–Trinajstić information content (AvgIpc) is 3.11. The fourth-order valence-electron chi connectivity index (χ4n) is 2.65. The molecule has 1 amide bonds. The Balaban J connectivity index is 1.47. The standard InChI is InChI=1S/C21H14Cl2N2O3/c22-14-5-3-4-13(10-14)21-25-17-11-15(8-9-19(17)28-21)24-20(26)12-27-18-7-2-1-6-16(18)23/h1-11H,12H2,(H,24,26). The molecule has 0 unspecified atom stereocenters. The lowest BCUT2D eigenvalue weighted by atomic mass is 10.2. The first-order valence-corrected chi connectivity index (χ1v) is 9.18. The van der Waals surface area contributed by atoms with Crippen molar-refractivity contribution >= 4 is 45.9 Å². The number of carbonyl (C=O) groups excluding carboxylic acids is 1. The number of para-hydroxylation sites is 1. The van der Waals surface area contributed by atoms with Crippen LogP contribution in [0.25, 0.3) is 22.6 Å². The normalized spacial score (nSPS) is 10.8. The van der Waals surface area contributed by atoms with Crippen molar-refractivity contribution in [2.75, 3.05) is 11.9 Å². The molecule has 140 valence electrons. The molecule has 0 saturated heterocycles. The van der Waals surface area contributed by atoms with Gasteiger partial charge in [0.05, 0.1) is 5.02 Å². The third-order valence-corrected chi connectivity index (χ3v) is 4.49. The van der Waals surface area contributed by atoms with E-state index in [0.717, 1.165) is 5.56 Å². The molecule has 0 aliphatic heterocycles. The molecule has 7 heteroatoms. The summed E-state index contributed by atoms with van der Waals surface area (Å²) in [6.07, 6.45) is 0. The number of nitrogens with zero attached hydrogens (tertiary/aromatic N) is 1. The molecule has 1 N–H and O–H groups in total. The van der Waals surface area contributed by atoms with Crippen LogP contribution in [0.1, 0.15) is 0 Å². The maximum atomic E-state index is 12.2. The van der Waals surface area contributed by atoms with Gasteiger partial charge in [-0.3, -0.25) is 4.79 Å². The minimum atomic E-state index is -0.308. The van der Waals surface area contributed by atoms with Crippen molar-refractivity contribution < 1.29 is 13.9 Å². The summed E-state index contributed by atoms with van der Waals surface area (Å²) in [7, 11) is 0. The Morgan fingerprint density at radius 2 is 1.89 bits per heavy atom. The van der Waals surface area contributed by atoms with Gasteiger partial charge in [-0.25, -0.2) is 4.98 Å². The predicted molar refractivity (Wildman–Crippen MR) is 110 cm³/mol. The maximum Gasteiger partial charge on any atom is 0.262 e. The molecule has 0 spiro atoms. The topological polar surface area (TPSA) is 64.4 Å². The van der Waals surface area contributed by atoms with Gasteiger partial charge in [-0.05, 0) is 48.5 Å². The number of rotatable bonds is 5. The van der Waals surface area contributed by atoms with Crippen LogP contribution in [-0.2, 0) is 4.79 Å². The van der Waals surface area contributed by atoms with Crippen LogP contribution in [0.5, 0.6) is 5.75 Å². The fraction of sp³-hybridized carbons (Fsp3) is 0.0476. The van der Waals surface area contributed by atoms with Gasteiger partial charge in [0.1, 0.15) is 11.3 Å². The van der Waals surface area contributed by atoms with Gasteiger partial charge in [0, 0.05) is 16.3 Å². The van der Waals surface area contributed by atoms with Crippen LogP contribution < -0.4 is 10.1 Å². The number of aromatic nitrogens is 1. The van der Waals surface area contributed by atoms with Crippen molar-refractivity contribution in [3.8, 4) is 17.2 Å². The Labute approximate surface area is 170 Å². The first-order valence-electron chi connectivity index (χ1n) is 8.42. The maximum absolute atomic E-state index is 12.2. The van der Waals surface area contributed by atoms with E-state index in [-0.39, 0.29) is 12.5 Å². The number of oxazole rings is 1. The number of ether oxygens (including phenoxy) is 1. The zero-order chi connectivity index (χ0) is 19.5. The summed E-state index contributed by atoms with van der Waals surface area (Å²) in [6, 6.07) is 19.5. The molecule has 28 heavy (non-hydrogen) atoms. The van der Waals surface area contributed by atoms with Gasteiger partial charge in [-0.1, -0.05) is 41.4 Å². The first-order chi connectivity index (χ1) is 13.6. The minimum Gasteiger partial charge on any atom is -0.482 e. The number of amides is 1. The number of halogens is 2. The number of anilines is 1. The molecule has 4 aromatic rings. The van der Waals surface area contributed by atoms with Crippen LogP contribution in [0, 0.1) is 0 Å². The molecule has 1 aromatic heterocycles. The highest BCUT2D eigenvalue weighted by Crippen LogP contribution is 2.28. The molecule has 0 aliphatic rings. The summed E-state index contributed by atoms with van der Waals surface area (Å²) in [5.74, 6) is 0.610. The lowest BCUT2D eigenvalue weighted by Crippen LogP contribution is -2.20. The van der Waals surface area contributed by atoms with E-state index in [1.165, 1.54) is 0 Å². The van der Waals surface area contributed by atoms with E-state index in [1.807, 2.05) is 12.1 Å². The quantitative estimate of drug-likeness (QED) is 0.448. The molecule has 0 radical (unpaired) electrons. The Hall–Kier alpha value is -3.02. The largest absolute Gasteiger partial charge is 0.482 e. The number of carbonyl (C=O) groups is 1. The average molecular weight is 413 g/mol. The molecule has 0 bridgehead atoms.